The van der Waals surface area contributed by atoms with Gasteiger partial charge in [0.05, 0.1) is 25.4 Å². The number of rotatable bonds is 18. The number of nitrogens with two attached hydrogens (primary N) is 1. The summed E-state index contributed by atoms with van der Waals surface area (Å²) in [5, 5.41) is 7.44. The summed E-state index contributed by atoms with van der Waals surface area (Å²) >= 11 is 0. The lowest BCUT2D eigenvalue weighted by molar-refractivity contribution is -0.158. The summed E-state index contributed by atoms with van der Waals surface area (Å²) in [7, 11) is 0. The van der Waals surface area contributed by atoms with Crippen molar-refractivity contribution < 1.29 is 28.5 Å². The Kier molecular flexibility index (Phi) is 13.3. The van der Waals surface area contributed by atoms with Gasteiger partial charge >= 0.3 is 5.97 Å². The van der Waals surface area contributed by atoms with Crippen LogP contribution in [0.1, 0.15) is 82.6 Å². The van der Waals surface area contributed by atoms with E-state index in [9.17, 15) is 9.59 Å². The molecule has 0 atom stereocenters. The Bertz CT molecular complexity index is 1090. The predicted molar refractivity (Wildman–Crippen MR) is 157 cm³/mol. The SMILES string of the molecule is CCCN(CCC)C(=O)c1ccc(OCCCCCOc2ccc(C(=N)N)cc2)cc1OC(C)(C)C(=O)OCC. The normalized spacial score (nSPS) is 11.0. The number of nitrogens with one attached hydrogen (secondary N) is 1. The molecule has 0 saturated heterocycles. The molecular weight excluding hydrogens is 510 g/mol. The molecule has 0 aromatic heterocycles. The van der Waals surface area contributed by atoms with Gasteiger partial charge in [-0.25, -0.2) is 4.79 Å². The van der Waals surface area contributed by atoms with Crippen molar-refractivity contribution in [3.8, 4) is 17.2 Å². The number of ether oxygens (including phenoxy) is 4. The van der Waals surface area contributed by atoms with Crippen molar-refractivity contribution in [1.29, 1.82) is 5.41 Å². The second-order valence-electron chi connectivity index (χ2n) is 9.98. The van der Waals surface area contributed by atoms with Gasteiger partial charge in [-0.1, -0.05) is 13.8 Å². The fraction of sp³-hybridized carbons (Fsp3) is 0.516. The minimum absolute atomic E-state index is 0.0316. The Balaban J connectivity index is 2.00. The topological polar surface area (TPSA) is 124 Å². The first-order chi connectivity index (χ1) is 19.1. The highest BCUT2D eigenvalue weighted by atomic mass is 16.6. The Morgan fingerprint density at radius 3 is 2.00 bits per heavy atom. The number of esters is 1. The molecule has 2 rings (SSSR count). The molecule has 0 aliphatic rings. The van der Waals surface area contributed by atoms with Gasteiger partial charge in [-0.2, -0.15) is 0 Å². The van der Waals surface area contributed by atoms with Crippen LogP contribution in [0.2, 0.25) is 0 Å². The van der Waals surface area contributed by atoms with Gasteiger partial charge in [-0.15, -0.1) is 0 Å². The van der Waals surface area contributed by atoms with E-state index in [4.69, 9.17) is 30.1 Å². The summed E-state index contributed by atoms with van der Waals surface area (Å²) in [6.07, 6.45) is 4.27. The van der Waals surface area contributed by atoms with Crippen LogP contribution in [0.4, 0.5) is 0 Å². The maximum Gasteiger partial charge on any atom is 0.349 e. The van der Waals surface area contributed by atoms with Gasteiger partial charge in [0.2, 0.25) is 0 Å². The van der Waals surface area contributed by atoms with Gasteiger partial charge in [-0.3, -0.25) is 10.2 Å². The molecule has 3 N–H and O–H groups in total. The highest BCUT2D eigenvalue weighted by Gasteiger charge is 2.33. The smallest absolute Gasteiger partial charge is 0.349 e. The fourth-order valence-electron chi connectivity index (χ4n) is 3.99. The number of nitrogen functional groups attached to an aromatic ring is 1. The van der Waals surface area contributed by atoms with Crippen LogP contribution in [0.5, 0.6) is 17.2 Å². The highest BCUT2D eigenvalue weighted by molar-refractivity contribution is 5.97. The van der Waals surface area contributed by atoms with E-state index < -0.39 is 11.6 Å². The standard InChI is InChI=1S/C31H45N3O6/c1-6-18-34(19-7-2)29(35)26-17-16-25(22-27(26)40-31(4,5)30(36)37-8-3)39-21-11-9-10-20-38-24-14-12-23(13-15-24)28(32)33/h12-17,22H,6-11,18-21H2,1-5H3,(H3,32,33). The van der Waals surface area contributed by atoms with Crippen molar-refractivity contribution in [2.24, 2.45) is 5.73 Å². The number of nitrogens with zero attached hydrogens (tertiary/aromatic N) is 1. The van der Waals surface area contributed by atoms with Crippen molar-refractivity contribution in [1.82, 2.24) is 4.90 Å². The van der Waals surface area contributed by atoms with Gasteiger partial charge in [-0.05, 0) is 89.3 Å². The molecule has 0 radical (unpaired) electrons. The molecule has 40 heavy (non-hydrogen) atoms. The van der Waals surface area contributed by atoms with Crippen LogP contribution in [-0.4, -0.2) is 61.1 Å². The maximum absolute atomic E-state index is 13.4. The zero-order valence-corrected chi connectivity index (χ0v) is 24.6. The van der Waals surface area contributed by atoms with Crippen LogP contribution in [0.25, 0.3) is 0 Å². The summed E-state index contributed by atoms with van der Waals surface area (Å²) in [4.78, 5) is 27.7. The Labute approximate surface area is 238 Å². The zero-order chi connectivity index (χ0) is 29.5. The van der Waals surface area contributed by atoms with E-state index >= 15 is 0 Å². The molecule has 2 aromatic rings. The van der Waals surface area contributed by atoms with Crippen molar-refractivity contribution >= 4 is 17.7 Å². The van der Waals surface area contributed by atoms with E-state index in [1.165, 1.54) is 0 Å². The number of carbonyl (C=O) groups is 2. The molecule has 0 unspecified atom stereocenters. The van der Waals surface area contributed by atoms with Crippen molar-refractivity contribution in [3.63, 3.8) is 0 Å². The van der Waals surface area contributed by atoms with E-state index in [0.717, 1.165) is 37.9 Å². The molecule has 1 amide bonds. The minimum Gasteiger partial charge on any atom is -0.494 e. The predicted octanol–water partition coefficient (Wildman–Crippen LogP) is 5.58. The first-order valence-corrected chi connectivity index (χ1v) is 14.1. The molecule has 220 valence electrons. The van der Waals surface area contributed by atoms with Gasteiger partial charge in [0.1, 0.15) is 23.1 Å². The van der Waals surface area contributed by atoms with E-state index in [-0.39, 0.29) is 18.3 Å². The number of hydrogen-bond acceptors (Lipinski definition) is 7. The number of amidine groups is 1. The number of benzene rings is 2. The lowest BCUT2D eigenvalue weighted by atomic mass is 10.1. The molecule has 2 aromatic carbocycles. The van der Waals surface area contributed by atoms with Crippen molar-refractivity contribution in [3.05, 3.63) is 53.6 Å². The van der Waals surface area contributed by atoms with Gasteiger partial charge < -0.3 is 29.6 Å². The molecule has 0 heterocycles. The number of hydrogen-bond donors (Lipinski definition) is 2. The average Bonchev–Trinajstić information content (AvgIpc) is 2.92. The summed E-state index contributed by atoms with van der Waals surface area (Å²) in [6.45, 7) is 11.6. The van der Waals surface area contributed by atoms with Crippen LogP contribution < -0.4 is 19.9 Å². The molecule has 0 bridgehead atoms. The summed E-state index contributed by atoms with van der Waals surface area (Å²) < 4.78 is 23.0. The zero-order valence-electron chi connectivity index (χ0n) is 24.6. The van der Waals surface area contributed by atoms with E-state index in [2.05, 4.69) is 0 Å². The van der Waals surface area contributed by atoms with E-state index in [0.29, 0.717) is 48.9 Å². The second-order valence-corrected chi connectivity index (χ2v) is 9.98. The molecule has 0 aliphatic carbocycles. The van der Waals surface area contributed by atoms with Crippen molar-refractivity contribution in [2.45, 2.75) is 72.3 Å². The molecule has 9 heteroatoms. The summed E-state index contributed by atoms with van der Waals surface area (Å²) in [5.74, 6) is 0.985. The third-order valence-corrected chi connectivity index (χ3v) is 6.08. The first-order valence-electron chi connectivity index (χ1n) is 14.1. The van der Waals surface area contributed by atoms with Crippen LogP contribution in [0, 0.1) is 5.41 Å². The third-order valence-electron chi connectivity index (χ3n) is 6.08. The first kappa shape index (κ1) is 32.5. The average molecular weight is 556 g/mol. The Hall–Kier alpha value is -3.75. The number of unbranched alkanes of at least 4 members (excludes halogenated alkanes) is 2. The Morgan fingerprint density at radius 2 is 1.45 bits per heavy atom. The second kappa shape index (κ2) is 16.4. The van der Waals surface area contributed by atoms with E-state index in [1.54, 1.807) is 68.1 Å². The maximum atomic E-state index is 13.4. The molecule has 9 nitrogen and oxygen atoms in total. The van der Waals surface area contributed by atoms with E-state index in [1.807, 2.05) is 13.8 Å². The monoisotopic (exact) mass is 555 g/mol. The van der Waals surface area contributed by atoms with Crippen LogP contribution in [0.15, 0.2) is 42.5 Å². The van der Waals surface area contributed by atoms with Gasteiger partial charge in [0.25, 0.3) is 5.91 Å². The minimum atomic E-state index is -1.28. The van der Waals surface area contributed by atoms with Crippen LogP contribution >= 0.6 is 0 Å². The van der Waals surface area contributed by atoms with Crippen molar-refractivity contribution in [2.75, 3.05) is 32.9 Å². The lowest BCUT2D eigenvalue weighted by Gasteiger charge is -2.27. The quantitative estimate of drug-likeness (QED) is 0.106. The van der Waals surface area contributed by atoms with Gasteiger partial charge in [0.15, 0.2) is 5.60 Å². The summed E-state index contributed by atoms with van der Waals surface area (Å²) in [6, 6.07) is 12.3. The molecule has 0 fully saturated rings. The summed E-state index contributed by atoms with van der Waals surface area (Å²) in [5.41, 5.74) is 5.25. The highest BCUT2D eigenvalue weighted by Crippen LogP contribution is 2.30. The molecular formula is C31H45N3O6. The molecule has 0 aliphatic heterocycles. The molecule has 0 saturated carbocycles. The number of amides is 1. The third kappa shape index (κ3) is 10.1. The largest absolute Gasteiger partial charge is 0.494 e. The van der Waals surface area contributed by atoms with Crippen LogP contribution in [0.3, 0.4) is 0 Å². The Morgan fingerprint density at radius 1 is 0.875 bits per heavy atom. The fourth-order valence-corrected chi connectivity index (χ4v) is 3.99. The lowest BCUT2D eigenvalue weighted by Crippen LogP contribution is -2.40. The number of carbonyl (C=O) groups excluding carboxylic acids is 2. The molecule has 0 spiro atoms. The van der Waals surface area contributed by atoms with Gasteiger partial charge in [0, 0.05) is 24.7 Å². The van der Waals surface area contributed by atoms with Crippen LogP contribution in [-0.2, 0) is 9.53 Å².